The summed E-state index contributed by atoms with van der Waals surface area (Å²) in [5, 5.41) is 11.6. The molecule has 1 aliphatic rings. The highest BCUT2D eigenvalue weighted by molar-refractivity contribution is 5.84. The smallest absolute Gasteiger partial charge is 0.128 e. The van der Waals surface area contributed by atoms with Gasteiger partial charge in [0.05, 0.1) is 5.52 Å². The topological polar surface area (TPSA) is 48.8 Å². The van der Waals surface area contributed by atoms with Gasteiger partial charge in [0.15, 0.2) is 0 Å². The minimum Gasteiger partial charge on any atom is -0.490 e. The second kappa shape index (κ2) is 10.7. The van der Waals surface area contributed by atoms with Gasteiger partial charge < -0.3 is 19.6 Å². The Morgan fingerprint density at radius 3 is 2.21 bits per heavy atom. The lowest BCUT2D eigenvalue weighted by Crippen LogP contribution is -2.46. The number of hydrogen-bond donors (Lipinski definition) is 1. The van der Waals surface area contributed by atoms with E-state index in [4.69, 9.17) is 4.74 Å². The van der Waals surface area contributed by atoms with Crippen LogP contribution in [-0.4, -0.2) is 53.4 Å². The molecule has 1 unspecified atom stereocenters. The molecule has 1 aromatic heterocycles. The zero-order valence-corrected chi connectivity index (χ0v) is 19.3. The number of piperidine rings is 1. The number of fused-ring (bicyclic) bond motifs is 1. The maximum atomic E-state index is 10.7. The molecule has 0 radical (unpaired) electrons. The van der Waals surface area contributed by atoms with Crippen LogP contribution in [0.4, 0.5) is 11.4 Å². The van der Waals surface area contributed by atoms with Crippen molar-refractivity contribution in [2.24, 2.45) is 0 Å². The highest BCUT2D eigenvalue weighted by Crippen LogP contribution is 2.32. The third-order valence-corrected chi connectivity index (χ3v) is 6.50. The van der Waals surface area contributed by atoms with Crippen LogP contribution in [0.2, 0.25) is 0 Å². The van der Waals surface area contributed by atoms with Crippen LogP contribution < -0.4 is 9.64 Å². The highest BCUT2D eigenvalue weighted by Gasteiger charge is 2.27. The summed E-state index contributed by atoms with van der Waals surface area (Å²) in [4.78, 5) is 9.19. The first-order chi connectivity index (χ1) is 16.8. The number of benzene rings is 3. The number of aliphatic hydroxyl groups is 1. The van der Waals surface area contributed by atoms with Gasteiger partial charge in [-0.3, -0.25) is 4.98 Å². The molecule has 0 bridgehead atoms. The predicted molar refractivity (Wildman–Crippen MR) is 138 cm³/mol. The summed E-state index contributed by atoms with van der Waals surface area (Å²) < 4.78 is 5.97. The molecule has 1 N–H and O–H groups in total. The van der Waals surface area contributed by atoms with Crippen molar-refractivity contribution in [3.8, 4) is 5.75 Å². The zero-order chi connectivity index (χ0) is 23.2. The molecule has 0 saturated carbocycles. The van der Waals surface area contributed by atoms with Gasteiger partial charge in [-0.1, -0.05) is 42.5 Å². The SMILES string of the molecule is OC(COc1cccc2ncccc12)CN1CCC(N(c2ccccc2)c2ccccc2)CC1. The van der Waals surface area contributed by atoms with E-state index < -0.39 is 6.10 Å². The minimum atomic E-state index is -0.539. The zero-order valence-electron chi connectivity index (χ0n) is 19.3. The molecule has 174 valence electrons. The van der Waals surface area contributed by atoms with Gasteiger partial charge in [0.1, 0.15) is 18.5 Å². The monoisotopic (exact) mass is 453 g/mol. The van der Waals surface area contributed by atoms with E-state index in [2.05, 4.69) is 75.4 Å². The lowest BCUT2D eigenvalue weighted by Gasteiger charge is -2.40. The van der Waals surface area contributed by atoms with Gasteiger partial charge in [-0.15, -0.1) is 0 Å². The van der Waals surface area contributed by atoms with Crippen LogP contribution in [0, 0.1) is 0 Å². The molecular weight excluding hydrogens is 422 g/mol. The summed E-state index contributed by atoms with van der Waals surface area (Å²) in [6, 6.07) is 31.4. The van der Waals surface area contributed by atoms with E-state index in [9.17, 15) is 5.11 Å². The van der Waals surface area contributed by atoms with Crippen molar-refractivity contribution < 1.29 is 9.84 Å². The molecule has 1 aliphatic heterocycles. The van der Waals surface area contributed by atoms with Gasteiger partial charge in [0.25, 0.3) is 0 Å². The first kappa shape index (κ1) is 22.4. The quantitative estimate of drug-likeness (QED) is 0.394. The number of nitrogens with zero attached hydrogens (tertiary/aromatic N) is 3. The molecule has 3 aromatic carbocycles. The molecule has 5 heteroatoms. The van der Waals surface area contributed by atoms with E-state index in [1.165, 1.54) is 11.4 Å². The number of rotatable bonds is 8. The highest BCUT2D eigenvalue weighted by atomic mass is 16.5. The third kappa shape index (κ3) is 5.22. The minimum absolute atomic E-state index is 0.272. The number of anilines is 2. The van der Waals surface area contributed by atoms with Crippen LogP contribution in [0.25, 0.3) is 10.9 Å². The Balaban J connectivity index is 1.17. The number of aliphatic hydroxyl groups excluding tert-OH is 1. The normalized spacial score (nSPS) is 15.8. The second-order valence-electron chi connectivity index (χ2n) is 8.86. The van der Waals surface area contributed by atoms with Gasteiger partial charge in [-0.2, -0.15) is 0 Å². The maximum absolute atomic E-state index is 10.7. The first-order valence-corrected chi connectivity index (χ1v) is 12.0. The fourth-order valence-electron chi connectivity index (χ4n) is 4.85. The number of β-amino-alcohol motifs (C(OH)–C–C–N with tert-alkyl or cyclic N) is 1. The van der Waals surface area contributed by atoms with Crippen molar-refractivity contribution in [3.05, 3.63) is 97.2 Å². The summed E-state index contributed by atoms with van der Waals surface area (Å²) in [5.74, 6) is 0.768. The fourth-order valence-corrected chi connectivity index (χ4v) is 4.85. The molecule has 5 rings (SSSR count). The number of para-hydroxylation sites is 2. The van der Waals surface area contributed by atoms with E-state index in [1.54, 1.807) is 6.20 Å². The van der Waals surface area contributed by atoms with Crippen LogP contribution in [-0.2, 0) is 0 Å². The van der Waals surface area contributed by atoms with Crippen molar-refractivity contribution >= 4 is 22.3 Å². The third-order valence-electron chi connectivity index (χ3n) is 6.50. The van der Waals surface area contributed by atoms with Crippen LogP contribution in [0.1, 0.15) is 12.8 Å². The Hall–Kier alpha value is -3.41. The summed E-state index contributed by atoms with van der Waals surface area (Å²) >= 11 is 0. The molecule has 0 aliphatic carbocycles. The predicted octanol–water partition coefficient (Wildman–Crippen LogP) is 5.28. The van der Waals surface area contributed by atoms with E-state index in [0.717, 1.165) is 42.6 Å². The van der Waals surface area contributed by atoms with Crippen molar-refractivity contribution in [2.45, 2.75) is 25.0 Å². The summed E-state index contributed by atoms with van der Waals surface area (Å²) in [6.45, 7) is 2.80. The number of pyridine rings is 1. The average molecular weight is 454 g/mol. The molecule has 0 amide bonds. The van der Waals surface area contributed by atoms with Gasteiger partial charge in [0.2, 0.25) is 0 Å². The molecule has 1 atom stereocenters. The van der Waals surface area contributed by atoms with Gasteiger partial charge in [0, 0.05) is 48.6 Å². The number of aromatic nitrogens is 1. The van der Waals surface area contributed by atoms with Crippen LogP contribution in [0.5, 0.6) is 5.75 Å². The Bertz CT molecular complexity index is 1130. The Kier molecular flexibility index (Phi) is 7.03. The Morgan fingerprint density at radius 2 is 1.53 bits per heavy atom. The van der Waals surface area contributed by atoms with Crippen molar-refractivity contribution in [1.29, 1.82) is 0 Å². The van der Waals surface area contributed by atoms with Crippen molar-refractivity contribution in [1.82, 2.24) is 9.88 Å². The fraction of sp³-hybridized carbons (Fsp3) is 0.276. The molecule has 1 fully saturated rings. The first-order valence-electron chi connectivity index (χ1n) is 12.0. The van der Waals surface area contributed by atoms with E-state index in [1.807, 2.05) is 30.3 Å². The molecule has 4 aromatic rings. The second-order valence-corrected chi connectivity index (χ2v) is 8.86. The number of ether oxygens (including phenoxy) is 1. The molecule has 0 spiro atoms. The number of hydrogen-bond acceptors (Lipinski definition) is 5. The molecule has 1 saturated heterocycles. The largest absolute Gasteiger partial charge is 0.490 e. The lowest BCUT2D eigenvalue weighted by molar-refractivity contribution is 0.0602. The average Bonchev–Trinajstić information content (AvgIpc) is 2.90. The molecule has 34 heavy (non-hydrogen) atoms. The summed E-state index contributed by atoms with van der Waals surface area (Å²) in [5.41, 5.74) is 3.35. The summed E-state index contributed by atoms with van der Waals surface area (Å²) in [7, 11) is 0. The van der Waals surface area contributed by atoms with Crippen LogP contribution in [0.3, 0.4) is 0 Å². The molecule has 5 nitrogen and oxygen atoms in total. The maximum Gasteiger partial charge on any atom is 0.128 e. The van der Waals surface area contributed by atoms with Gasteiger partial charge >= 0.3 is 0 Å². The number of likely N-dealkylation sites (tertiary alicyclic amines) is 1. The van der Waals surface area contributed by atoms with Crippen molar-refractivity contribution in [3.63, 3.8) is 0 Å². The van der Waals surface area contributed by atoms with E-state index in [-0.39, 0.29) is 6.61 Å². The van der Waals surface area contributed by atoms with Gasteiger partial charge in [-0.05, 0) is 61.4 Å². The van der Waals surface area contributed by atoms with Crippen LogP contribution >= 0.6 is 0 Å². The van der Waals surface area contributed by atoms with E-state index in [0.29, 0.717) is 12.6 Å². The van der Waals surface area contributed by atoms with Crippen LogP contribution in [0.15, 0.2) is 97.2 Å². The van der Waals surface area contributed by atoms with E-state index >= 15 is 0 Å². The molecular formula is C29H31N3O2. The summed E-state index contributed by atoms with van der Waals surface area (Å²) in [6.07, 6.45) is 3.34. The standard InChI is InChI=1S/C29H31N3O2/c33-26(22-34-29-15-7-14-28-27(29)13-8-18-30-28)21-31-19-16-25(17-20-31)32(23-9-3-1-4-10-23)24-11-5-2-6-12-24/h1-15,18,25-26,33H,16-17,19-22H2. The Labute approximate surface area is 201 Å². The Morgan fingerprint density at radius 1 is 0.853 bits per heavy atom. The lowest BCUT2D eigenvalue weighted by atomic mass is 10.0. The van der Waals surface area contributed by atoms with Crippen molar-refractivity contribution in [2.75, 3.05) is 31.1 Å². The van der Waals surface area contributed by atoms with Gasteiger partial charge in [-0.25, -0.2) is 0 Å². The molecule has 2 heterocycles.